The molecule has 9 heteroatoms. The third-order valence-corrected chi connectivity index (χ3v) is 5.67. The van der Waals surface area contributed by atoms with Crippen molar-refractivity contribution in [2.24, 2.45) is 10.4 Å². The molecule has 0 bridgehead atoms. The van der Waals surface area contributed by atoms with E-state index in [0.717, 1.165) is 11.3 Å². The maximum absolute atomic E-state index is 12.7. The van der Waals surface area contributed by atoms with Gasteiger partial charge in [0, 0.05) is 0 Å². The summed E-state index contributed by atoms with van der Waals surface area (Å²) in [4.78, 5) is 23.4. The van der Waals surface area contributed by atoms with E-state index in [1.165, 1.54) is 4.68 Å². The van der Waals surface area contributed by atoms with E-state index in [-0.39, 0.29) is 5.78 Å². The fourth-order valence-corrected chi connectivity index (χ4v) is 4.20. The zero-order chi connectivity index (χ0) is 18.6. The summed E-state index contributed by atoms with van der Waals surface area (Å²) in [5.74, 6) is 0.240. The van der Waals surface area contributed by atoms with E-state index in [4.69, 9.17) is 0 Å². The van der Waals surface area contributed by atoms with Crippen LogP contribution in [0.1, 0.15) is 14.9 Å². The van der Waals surface area contributed by atoms with Crippen LogP contribution in [-0.4, -0.2) is 40.3 Å². The number of hydrogen-bond donors (Lipinski definition) is 1. The van der Waals surface area contributed by atoms with Gasteiger partial charge in [-0.1, -0.05) is 0 Å². The molecule has 0 amide bonds. The van der Waals surface area contributed by atoms with Gasteiger partial charge in [-0.2, -0.15) is 0 Å². The number of hydrogen-bond acceptors (Lipinski definition) is 5. The van der Waals surface area contributed by atoms with Crippen LogP contribution >= 0.6 is 0 Å². The molecule has 2 aromatic heterocycles. The Labute approximate surface area is 158 Å². The molecule has 8 nitrogen and oxygen atoms in total. The van der Waals surface area contributed by atoms with Crippen molar-refractivity contribution in [2.45, 2.75) is 0 Å². The van der Waals surface area contributed by atoms with Crippen molar-refractivity contribution in [2.75, 3.05) is 0 Å². The summed E-state index contributed by atoms with van der Waals surface area (Å²) < 4.78 is 2.03. The van der Waals surface area contributed by atoms with Crippen LogP contribution in [0, 0.1) is 4.91 Å². The molecule has 0 fully saturated rings. The van der Waals surface area contributed by atoms with Gasteiger partial charge in [-0.15, -0.1) is 0 Å². The van der Waals surface area contributed by atoms with E-state index in [1.807, 2.05) is 36.4 Å². The number of ketones is 1. The molecule has 0 aliphatic rings. The Morgan fingerprint density at radius 3 is 2.44 bits per heavy atom. The first-order valence-electron chi connectivity index (χ1n) is 7.94. The molecule has 0 saturated carbocycles. The van der Waals surface area contributed by atoms with E-state index in [0.29, 0.717) is 20.3 Å². The van der Waals surface area contributed by atoms with Crippen molar-refractivity contribution in [3.63, 3.8) is 0 Å². The van der Waals surface area contributed by atoms with Gasteiger partial charge in [0.15, 0.2) is 0 Å². The molecule has 4 rings (SSSR count). The van der Waals surface area contributed by atoms with E-state index in [2.05, 4.69) is 25.7 Å². The molecule has 0 aliphatic carbocycles. The van der Waals surface area contributed by atoms with Crippen molar-refractivity contribution in [3.05, 3.63) is 86.1 Å². The summed E-state index contributed by atoms with van der Waals surface area (Å²) in [6.07, 6.45) is 0. The predicted octanol–water partition coefficient (Wildman–Crippen LogP) is 2.13. The molecule has 0 spiro atoms. The number of rotatable bonds is 5. The number of nitroso groups, excluding NO2 is 1. The second kappa shape index (κ2) is 7.45. The Hall–Kier alpha value is -3.42. The molecule has 2 aromatic carbocycles. The van der Waals surface area contributed by atoms with Crippen molar-refractivity contribution in [3.8, 4) is 17.1 Å². The quantitative estimate of drug-likeness (QED) is 0.230. The van der Waals surface area contributed by atoms with Crippen molar-refractivity contribution >= 4 is 20.3 Å². The monoisotopic (exact) mass is 424 g/mol. The van der Waals surface area contributed by atoms with Gasteiger partial charge >= 0.3 is 159 Å². The van der Waals surface area contributed by atoms with Gasteiger partial charge in [-0.3, -0.25) is 0 Å². The molecular weight excluding hydrogens is 411 g/mol. The standard InChI is InChI=1S/C18H12N6O2Se/c25-16(13-9-5-2-6-10-13)17-22-24(18(27-17)21-23-26)15-11-14(19-20-15)12-7-3-1-4-8-12/h1-11H,(H,19,20)/b21-18-. The van der Waals surface area contributed by atoms with Crippen molar-refractivity contribution in [1.82, 2.24) is 20.0 Å². The number of aromatic amines is 1. The number of benzene rings is 2. The normalized spacial score (nSPS) is 11.5. The van der Waals surface area contributed by atoms with E-state index in [9.17, 15) is 9.70 Å². The first-order valence-corrected chi connectivity index (χ1v) is 9.65. The molecule has 1 N–H and O–H groups in total. The summed E-state index contributed by atoms with van der Waals surface area (Å²) in [5.41, 5.74) is 2.28. The molecule has 2 heterocycles. The maximum atomic E-state index is 12.7. The number of H-pyrrole nitrogens is 1. The fourth-order valence-electron chi connectivity index (χ4n) is 2.52. The van der Waals surface area contributed by atoms with Gasteiger partial charge in [-0.25, -0.2) is 0 Å². The topological polar surface area (TPSA) is 105 Å². The average Bonchev–Trinajstić information content (AvgIpc) is 3.36. The Bertz CT molecular complexity index is 1160. The number of nitrogens with zero attached hydrogens (tertiary/aromatic N) is 5. The van der Waals surface area contributed by atoms with Crippen LogP contribution in [0.2, 0.25) is 0 Å². The summed E-state index contributed by atoms with van der Waals surface area (Å²) in [5, 5.41) is 17.8. The van der Waals surface area contributed by atoms with Crippen LogP contribution in [-0.2, 0) is 0 Å². The molecule has 0 atom stereocenters. The van der Waals surface area contributed by atoms with Gasteiger partial charge in [0.25, 0.3) is 0 Å². The number of nitrogens with one attached hydrogen (secondary N) is 1. The van der Waals surface area contributed by atoms with Crippen LogP contribution in [0.25, 0.3) is 17.1 Å². The molecule has 27 heavy (non-hydrogen) atoms. The summed E-state index contributed by atoms with van der Waals surface area (Å²) in [7, 11) is 0. The Kier molecular flexibility index (Phi) is 4.69. The van der Waals surface area contributed by atoms with Crippen LogP contribution in [0.4, 0.5) is 0 Å². The SMILES string of the molecule is O=N/N=c1\[se]c(C(=O)c2ccccc2)nn1-c1cc(-c2ccccc2)[nH]n1. The molecule has 0 unspecified atom stereocenters. The summed E-state index contributed by atoms with van der Waals surface area (Å²) >= 11 is -0.549. The third-order valence-electron chi connectivity index (χ3n) is 3.78. The zero-order valence-electron chi connectivity index (χ0n) is 13.8. The molecular formula is C18H12N6O2Se. The van der Waals surface area contributed by atoms with Crippen molar-refractivity contribution < 1.29 is 4.79 Å². The molecule has 0 radical (unpaired) electrons. The number of carbonyl (C=O) groups excluding carboxylic acids is 1. The number of aromatic nitrogens is 4. The van der Waals surface area contributed by atoms with Gasteiger partial charge in [0.1, 0.15) is 0 Å². The Morgan fingerprint density at radius 2 is 1.74 bits per heavy atom. The average molecular weight is 423 g/mol. The van der Waals surface area contributed by atoms with E-state index < -0.39 is 14.5 Å². The van der Waals surface area contributed by atoms with Crippen LogP contribution in [0.5, 0.6) is 0 Å². The molecule has 0 aliphatic heterocycles. The zero-order valence-corrected chi connectivity index (χ0v) is 15.5. The molecule has 0 saturated heterocycles. The van der Waals surface area contributed by atoms with Crippen molar-refractivity contribution in [1.29, 1.82) is 0 Å². The second-order valence-electron chi connectivity index (χ2n) is 5.48. The predicted molar refractivity (Wildman–Crippen MR) is 99.3 cm³/mol. The Morgan fingerprint density at radius 1 is 1.04 bits per heavy atom. The first-order chi connectivity index (χ1) is 13.3. The third kappa shape index (κ3) is 3.46. The number of carbonyl (C=O) groups is 1. The van der Waals surface area contributed by atoms with Gasteiger partial charge in [-0.05, 0) is 0 Å². The minimum atomic E-state index is -0.549. The molecule has 4 aromatic rings. The van der Waals surface area contributed by atoms with Gasteiger partial charge < -0.3 is 0 Å². The summed E-state index contributed by atoms with van der Waals surface area (Å²) in [6, 6.07) is 20.3. The Balaban J connectivity index is 1.76. The minimum absolute atomic E-state index is 0.199. The van der Waals surface area contributed by atoms with E-state index >= 15 is 0 Å². The van der Waals surface area contributed by atoms with E-state index in [1.54, 1.807) is 30.3 Å². The summed E-state index contributed by atoms with van der Waals surface area (Å²) in [6.45, 7) is 0. The van der Waals surface area contributed by atoms with Gasteiger partial charge in [0.05, 0.1) is 0 Å². The first kappa shape index (κ1) is 17.0. The fraction of sp³-hybridized carbons (Fsp3) is 0. The van der Waals surface area contributed by atoms with Crippen LogP contribution in [0.3, 0.4) is 0 Å². The second-order valence-corrected chi connectivity index (χ2v) is 7.49. The van der Waals surface area contributed by atoms with Crippen LogP contribution < -0.4 is 4.36 Å². The van der Waals surface area contributed by atoms with Crippen LogP contribution in [0.15, 0.2) is 77.1 Å². The molecule has 132 valence electrons. The van der Waals surface area contributed by atoms with Gasteiger partial charge in [0.2, 0.25) is 0 Å².